The fourth-order valence-electron chi connectivity index (χ4n) is 0.608. The first-order chi connectivity index (χ1) is 5.41. The van der Waals surface area contributed by atoms with Gasteiger partial charge in [0.1, 0.15) is 5.01 Å². The molecule has 0 spiro atoms. The lowest BCUT2D eigenvalue weighted by Crippen LogP contribution is -2.19. The zero-order valence-electron chi connectivity index (χ0n) is 6.51. The van der Waals surface area contributed by atoms with Gasteiger partial charge < -0.3 is 0 Å². The summed E-state index contributed by atoms with van der Waals surface area (Å²) < 4.78 is 25.6. The monoisotopic (exact) mass is 212 g/mol. The molecular weight excluding hydrogens is 206 g/mol. The predicted octanol–water partition coefficient (Wildman–Crippen LogP) is 2.95. The lowest BCUT2D eigenvalue weighted by Gasteiger charge is -2.15. The summed E-state index contributed by atoms with van der Waals surface area (Å²) >= 11 is 6.44. The Morgan fingerprint density at radius 3 is 2.42 bits per heavy atom. The molecule has 1 aromatic heterocycles. The van der Waals surface area contributed by atoms with Gasteiger partial charge in [-0.25, -0.2) is 8.78 Å². The molecule has 6 heteroatoms. The smallest absolute Gasteiger partial charge is 0.206 e. The summed E-state index contributed by atoms with van der Waals surface area (Å²) in [6.45, 7) is 2.25. The van der Waals surface area contributed by atoms with Crippen molar-refractivity contribution < 1.29 is 8.78 Å². The highest BCUT2D eigenvalue weighted by Crippen LogP contribution is 2.34. The van der Waals surface area contributed by atoms with Crippen LogP contribution >= 0.6 is 22.9 Å². The molecule has 0 amide bonds. The summed E-state index contributed by atoms with van der Waals surface area (Å²) in [5.74, 6) is -3.70. The topological polar surface area (TPSA) is 25.8 Å². The standard InChI is InChI=1S/C6H7ClF2N2S/c1-3(6(2,8)9)4-10-11-5(7)12-4/h3H,1-2H3. The molecule has 0 aliphatic carbocycles. The first-order valence-corrected chi connectivity index (χ1v) is 4.47. The van der Waals surface area contributed by atoms with Crippen LogP contribution in [0.2, 0.25) is 4.47 Å². The molecule has 0 aliphatic rings. The van der Waals surface area contributed by atoms with Crippen LogP contribution < -0.4 is 0 Å². The van der Waals surface area contributed by atoms with Gasteiger partial charge in [0.15, 0.2) is 0 Å². The van der Waals surface area contributed by atoms with E-state index in [9.17, 15) is 8.78 Å². The molecule has 0 radical (unpaired) electrons. The van der Waals surface area contributed by atoms with Crippen molar-refractivity contribution in [3.63, 3.8) is 0 Å². The van der Waals surface area contributed by atoms with Crippen molar-refractivity contribution in [2.75, 3.05) is 0 Å². The summed E-state index contributed by atoms with van der Waals surface area (Å²) in [4.78, 5) is 0. The van der Waals surface area contributed by atoms with Crippen LogP contribution in [0, 0.1) is 0 Å². The van der Waals surface area contributed by atoms with E-state index in [0.717, 1.165) is 18.3 Å². The molecule has 0 aliphatic heterocycles. The average molecular weight is 213 g/mol. The van der Waals surface area contributed by atoms with Crippen molar-refractivity contribution in [2.24, 2.45) is 0 Å². The molecule has 0 N–H and O–H groups in total. The first kappa shape index (κ1) is 9.80. The zero-order chi connectivity index (χ0) is 9.35. The van der Waals surface area contributed by atoms with Gasteiger partial charge in [-0.3, -0.25) is 0 Å². The van der Waals surface area contributed by atoms with Crippen molar-refractivity contribution in [1.29, 1.82) is 0 Å². The molecule has 0 fully saturated rings. The van der Waals surface area contributed by atoms with Crippen LogP contribution in [0.25, 0.3) is 0 Å². The summed E-state index contributed by atoms with van der Waals surface area (Å²) in [7, 11) is 0. The second kappa shape index (κ2) is 3.22. The number of aromatic nitrogens is 2. The van der Waals surface area contributed by atoms with Gasteiger partial charge in [-0.05, 0) is 11.6 Å². The van der Waals surface area contributed by atoms with Crippen molar-refractivity contribution in [3.05, 3.63) is 9.47 Å². The molecule has 2 nitrogen and oxygen atoms in total. The van der Waals surface area contributed by atoms with E-state index < -0.39 is 11.8 Å². The quantitative estimate of drug-likeness (QED) is 0.753. The number of nitrogens with zero attached hydrogens (tertiary/aromatic N) is 2. The van der Waals surface area contributed by atoms with Crippen molar-refractivity contribution in [2.45, 2.75) is 25.7 Å². The Morgan fingerprint density at radius 2 is 2.08 bits per heavy atom. The van der Waals surface area contributed by atoms with E-state index >= 15 is 0 Å². The Bertz CT molecular complexity index is 271. The van der Waals surface area contributed by atoms with Gasteiger partial charge in [-0.15, -0.1) is 10.2 Å². The Hall–Kier alpha value is -0.290. The molecule has 0 aromatic carbocycles. The van der Waals surface area contributed by atoms with Crippen LogP contribution in [-0.4, -0.2) is 16.1 Å². The lowest BCUT2D eigenvalue weighted by molar-refractivity contribution is -0.00245. The van der Waals surface area contributed by atoms with Crippen LogP contribution in [0.1, 0.15) is 24.8 Å². The third-order valence-corrected chi connectivity index (χ3v) is 2.75. The van der Waals surface area contributed by atoms with Crippen LogP contribution in [0.5, 0.6) is 0 Å². The van der Waals surface area contributed by atoms with E-state index in [-0.39, 0.29) is 9.47 Å². The molecule has 1 aromatic rings. The number of hydrogen-bond acceptors (Lipinski definition) is 3. The SMILES string of the molecule is CC(c1nnc(Cl)s1)C(C)(F)F. The molecule has 1 heterocycles. The van der Waals surface area contributed by atoms with E-state index in [1.54, 1.807) is 0 Å². The van der Waals surface area contributed by atoms with E-state index in [1.165, 1.54) is 6.92 Å². The third-order valence-electron chi connectivity index (χ3n) is 1.55. The zero-order valence-corrected chi connectivity index (χ0v) is 8.09. The van der Waals surface area contributed by atoms with Crippen LogP contribution in [-0.2, 0) is 0 Å². The number of rotatable bonds is 2. The molecule has 1 unspecified atom stereocenters. The normalized spacial score (nSPS) is 14.8. The molecule has 0 saturated carbocycles. The summed E-state index contributed by atoms with van der Waals surface area (Å²) in [5, 5.41) is 7.26. The number of alkyl halides is 2. The highest BCUT2D eigenvalue weighted by molar-refractivity contribution is 7.15. The first-order valence-electron chi connectivity index (χ1n) is 3.28. The highest BCUT2D eigenvalue weighted by atomic mass is 35.5. The summed E-state index contributed by atoms with van der Waals surface area (Å²) in [5.41, 5.74) is 0. The van der Waals surface area contributed by atoms with Crippen molar-refractivity contribution in [1.82, 2.24) is 10.2 Å². The molecular formula is C6H7ClF2N2S. The van der Waals surface area contributed by atoms with Crippen molar-refractivity contribution in [3.8, 4) is 0 Å². The van der Waals surface area contributed by atoms with Crippen molar-refractivity contribution >= 4 is 22.9 Å². The third kappa shape index (κ3) is 2.10. The molecule has 0 saturated heterocycles. The maximum atomic E-state index is 12.7. The Morgan fingerprint density at radius 1 is 1.50 bits per heavy atom. The average Bonchev–Trinajstić information content (AvgIpc) is 2.32. The highest BCUT2D eigenvalue weighted by Gasteiger charge is 2.33. The molecule has 1 atom stereocenters. The number of halogens is 3. The number of hydrogen-bond donors (Lipinski definition) is 0. The Kier molecular flexibility index (Phi) is 2.63. The largest absolute Gasteiger partial charge is 0.254 e. The fraction of sp³-hybridized carbons (Fsp3) is 0.667. The van der Waals surface area contributed by atoms with Gasteiger partial charge in [0.25, 0.3) is 5.92 Å². The fourth-order valence-corrected chi connectivity index (χ4v) is 1.60. The van der Waals surface area contributed by atoms with Crippen LogP contribution in [0.3, 0.4) is 0 Å². The van der Waals surface area contributed by atoms with Gasteiger partial charge in [0.2, 0.25) is 4.47 Å². The van der Waals surface area contributed by atoms with Gasteiger partial charge in [0.05, 0.1) is 5.92 Å². The Labute approximate surface area is 77.6 Å². The minimum atomic E-state index is -2.77. The minimum absolute atomic E-state index is 0.195. The van der Waals surface area contributed by atoms with E-state index in [0.29, 0.717) is 0 Å². The maximum absolute atomic E-state index is 12.7. The molecule has 68 valence electrons. The summed E-state index contributed by atoms with van der Waals surface area (Å²) in [6, 6.07) is 0. The predicted molar refractivity (Wildman–Crippen MR) is 44.0 cm³/mol. The van der Waals surface area contributed by atoms with Crippen LogP contribution in [0.4, 0.5) is 8.78 Å². The van der Waals surface area contributed by atoms with Crippen LogP contribution in [0.15, 0.2) is 0 Å². The van der Waals surface area contributed by atoms with Gasteiger partial charge in [0, 0.05) is 6.92 Å². The second-order valence-corrected chi connectivity index (χ2v) is 4.16. The summed E-state index contributed by atoms with van der Waals surface area (Å²) in [6.07, 6.45) is 0. The van der Waals surface area contributed by atoms with E-state index in [2.05, 4.69) is 10.2 Å². The van der Waals surface area contributed by atoms with Gasteiger partial charge >= 0.3 is 0 Å². The molecule has 1 rings (SSSR count). The lowest BCUT2D eigenvalue weighted by atomic mass is 10.1. The van der Waals surface area contributed by atoms with E-state index in [1.807, 2.05) is 0 Å². The Balaban J connectivity index is 2.85. The minimum Gasteiger partial charge on any atom is -0.206 e. The van der Waals surface area contributed by atoms with Gasteiger partial charge in [-0.2, -0.15) is 0 Å². The second-order valence-electron chi connectivity index (χ2n) is 2.57. The molecule has 12 heavy (non-hydrogen) atoms. The maximum Gasteiger partial charge on any atom is 0.254 e. The molecule has 0 bridgehead atoms. The van der Waals surface area contributed by atoms with Gasteiger partial charge in [-0.1, -0.05) is 18.3 Å². The van der Waals surface area contributed by atoms with E-state index in [4.69, 9.17) is 11.6 Å².